The van der Waals surface area contributed by atoms with Crippen LogP contribution in [0.1, 0.15) is 6.99 Å². The minimum Gasteiger partial charge on any atom is -0.323 e. The Morgan fingerprint density at radius 2 is 2.17 bits per heavy atom. The van der Waals surface area contributed by atoms with E-state index in [1.165, 1.54) is 5.56 Å². The summed E-state index contributed by atoms with van der Waals surface area (Å²) in [4.78, 5) is 0. The molecule has 3 heteroatoms. The third-order valence-electron chi connectivity index (χ3n) is 1.39. The molecule has 0 aliphatic rings. The monoisotopic (exact) mass is 181 g/mol. The Labute approximate surface area is 76.7 Å². The Bertz CT molecular complexity index is 255. The van der Waals surface area contributed by atoms with Crippen molar-refractivity contribution in [3.05, 3.63) is 29.8 Å². The minimum absolute atomic E-state index is 0. The van der Waals surface area contributed by atoms with Crippen LogP contribution < -0.4 is 5.48 Å². The second-order valence-electron chi connectivity index (χ2n) is 2.98. The summed E-state index contributed by atoms with van der Waals surface area (Å²) in [6.07, 6.45) is 0. The number of aryl methyl sites for hydroxylation is 1. The maximum absolute atomic E-state index is 5.33. The van der Waals surface area contributed by atoms with Crippen LogP contribution in [-0.4, -0.2) is 9.04 Å². The summed E-state index contributed by atoms with van der Waals surface area (Å²) in [5.74, 6) is 0. The van der Waals surface area contributed by atoms with E-state index in [-0.39, 0.29) is 1.43 Å². The standard InChI is InChI=1S/C9H14NOSi/c1-8-5-4-6-9(7-8)10-11-12(2)3/h4-7,10H,1-3H3/p+1. The number of rotatable bonds is 3. The molecule has 0 amide bonds. The van der Waals surface area contributed by atoms with Gasteiger partial charge in [0.2, 0.25) is 9.04 Å². The van der Waals surface area contributed by atoms with Crippen LogP contribution in [-0.2, 0) is 4.53 Å². The summed E-state index contributed by atoms with van der Waals surface area (Å²) >= 11 is 0. The van der Waals surface area contributed by atoms with Crippen LogP contribution in [0.5, 0.6) is 0 Å². The first kappa shape index (κ1) is 9.29. The van der Waals surface area contributed by atoms with E-state index >= 15 is 0 Å². The second-order valence-corrected chi connectivity index (χ2v) is 5.00. The number of benzene rings is 1. The molecular formula is C9H15NOSi+. The molecule has 0 aromatic heterocycles. The molecule has 0 bridgehead atoms. The minimum atomic E-state index is -0.656. The largest absolute Gasteiger partial charge is 1.00 e. The van der Waals surface area contributed by atoms with Gasteiger partial charge in [0.05, 0.1) is 5.69 Å². The van der Waals surface area contributed by atoms with Crippen molar-refractivity contribution in [1.29, 1.82) is 0 Å². The van der Waals surface area contributed by atoms with Crippen molar-refractivity contribution in [2.24, 2.45) is 0 Å². The Hall–Kier alpha value is -0.803. The highest BCUT2D eigenvalue weighted by Crippen LogP contribution is 2.09. The molecule has 0 heterocycles. The van der Waals surface area contributed by atoms with Gasteiger partial charge in [0.25, 0.3) is 0 Å². The Morgan fingerprint density at radius 1 is 1.42 bits per heavy atom. The summed E-state index contributed by atoms with van der Waals surface area (Å²) in [5, 5.41) is 0. The number of hydrogen-bond donors (Lipinski definition) is 1. The van der Waals surface area contributed by atoms with Gasteiger partial charge in [-0.3, -0.25) is 5.48 Å². The van der Waals surface area contributed by atoms with Crippen LogP contribution in [0, 0.1) is 6.92 Å². The van der Waals surface area contributed by atoms with Crippen LogP contribution >= 0.6 is 0 Å². The molecule has 0 atom stereocenters. The molecular weight excluding hydrogens is 166 g/mol. The van der Waals surface area contributed by atoms with Crippen molar-refractivity contribution in [3.63, 3.8) is 0 Å². The molecule has 1 aromatic carbocycles. The Balaban J connectivity index is 0.00000144. The van der Waals surface area contributed by atoms with E-state index in [2.05, 4.69) is 37.6 Å². The van der Waals surface area contributed by atoms with Crippen molar-refractivity contribution >= 4 is 14.7 Å². The average molecular weight is 181 g/mol. The lowest BCUT2D eigenvalue weighted by molar-refractivity contribution is 0.419. The van der Waals surface area contributed by atoms with Crippen molar-refractivity contribution in [1.82, 2.24) is 0 Å². The summed E-state index contributed by atoms with van der Waals surface area (Å²) in [7, 11) is -0.656. The normalized spacial score (nSPS) is 10.3. The highest BCUT2D eigenvalue weighted by Gasteiger charge is 1.96. The number of anilines is 1. The molecule has 0 unspecified atom stereocenters. The molecule has 0 saturated heterocycles. The molecule has 0 fully saturated rings. The smallest absolute Gasteiger partial charge is 0.323 e. The number of nitrogens with one attached hydrogen (secondary N) is 1. The quantitative estimate of drug-likeness (QED) is 0.572. The fourth-order valence-electron chi connectivity index (χ4n) is 0.870. The summed E-state index contributed by atoms with van der Waals surface area (Å²) in [5.41, 5.74) is 5.20. The third-order valence-corrected chi connectivity index (χ3v) is 1.90. The van der Waals surface area contributed by atoms with Crippen LogP contribution in [0.25, 0.3) is 0 Å². The van der Waals surface area contributed by atoms with Gasteiger partial charge in [-0.1, -0.05) is 12.1 Å². The van der Waals surface area contributed by atoms with Gasteiger partial charge in [0.1, 0.15) is 0 Å². The first-order valence-corrected chi connectivity index (χ1v) is 6.39. The van der Waals surface area contributed by atoms with E-state index in [0.29, 0.717) is 0 Å². The molecule has 1 aromatic rings. The average Bonchev–Trinajstić information content (AvgIpc) is 2.01. The first-order valence-electron chi connectivity index (χ1n) is 3.98. The summed E-state index contributed by atoms with van der Waals surface area (Å²) < 4.78 is 5.33. The zero-order valence-corrected chi connectivity index (χ0v) is 8.72. The fourth-order valence-corrected chi connectivity index (χ4v) is 1.19. The van der Waals surface area contributed by atoms with Gasteiger partial charge in [-0.05, 0) is 37.7 Å². The predicted molar refractivity (Wildman–Crippen MR) is 54.5 cm³/mol. The second kappa shape index (κ2) is 4.28. The van der Waals surface area contributed by atoms with E-state index in [0.717, 1.165) is 5.69 Å². The van der Waals surface area contributed by atoms with Gasteiger partial charge < -0.3 is 4.53 Å². The lowest BCUT2D eigenvalue weighted by Crippen LogP contribution is -2.13. The van der Waals surface area contributed by atoms with Crippen molar-refractivity contribution in [2.45, 2.75) is 20.0 Å². The third kappa shape index (κ3) is 3.07. The van der Waals surface area contributed by atoms with Crippen LogP contribution in [0.4, 0.5) is 5.69 Å². The molecule has 1 rings (SSSR count). The SMILES string of the molecule is Cc1cccc(NO[Si](C)C)c1.[H+]. The Kier molecular flexibility index (Phi) is 3.31. The molecule has 2 nitrogen and oxygen atoms in total. The lowest BCUT2D eigenvalue weighted by atomic mass is 10.2. The van der Waals surface area contributed by atoms with E-state index in [1.807, 2.05) is 12.1 Å². The lowest BCUT2D eigenvalue weighted by Gasteiger charge is -2.08. The molecule has 1 radical (unpaired) electrons. The van der Waals surface area contributed by atoms with E-state index in [1.54, 1.807) is 0 Å². The fraction of sp³-hybridized carbons (Fsp3) is 0.333. The molecule has 0 aliphatic carbocycles. The maximum atomic E-state index is 5.33. The van der Waals surface area contributed by atoms with Gasteiger partial charge in [0, 0.05) is 0 Å². The van der Waals surface area contributed by atoms with Crippen molar-refractivity contribution in [3.8, 4) is 0 Å². The van der Waals surface area contributed by atoms with E-state index < -0.39 is 9.04 Å². The summed E-state index contributed by atoms with van der Waals surface area (Å²) in [6.45, 7) is 6.25. The van der Waals surface area contributed by atoms with Gasteiger partial charge >= 0.3 is 1.43 Å². The Morgan fingerprint density at radius 3 is 2.75 bits per heavy atom. The molecule has 12 heavy (non-hydrogen) atoms. The van der Waals surface area contributed by atoms with Crippen LogP contribution in [0.2, 0.25) is 13.1 Å². The molecule has 0 spiro atoms. The molecule has 0 aliphatic heterocycles. The molecule has 65 valence electrons. The topological polar surface area (TPSA) is 21.3 Å². The number of hydrogen-bond acceptors (Lipinski definition) is 2. The van der Waals surface area contributed by atoms with E-state index in [9.17, 15) is 0 Å². The van der Waals surface area contributed by atoms with E-state index in [4.69, 9.17) is 4.53 Å². The van der Waals surface area contributed by atoms with Gasteiger partial charge in [-0.25, -0.2) is 0 Å². The zero-order chi connectivity index (χ0) is 8.97. The predicted octanol–water partition coefficient (Wildman–Crippen LogP) is 2.70. The van der Waals surface area contributed by atoms with Crippen LogP contribution in [0.3, 0.4) is 0 Å². The maximum Gasteiger partial charge on any atom is 1.00 e. The van der Waals surface area contributed by atoms with Crippen molar-refractivity contribution in [2.75, 3.05) is 5.48 Å². The van der Waals surface area contributed by atoms with Crippen molar-refractivity contribution < 1.29 is 5.95 Å². The highest BCUT2D eigenvalue weighted by atomic mass is 28.3. The zero-order valence-electron chi connectivity index (χ0n) is 8.72. The first-order chi connectivity index (χ1) is 5.68. The van der Waals surface area contributed by atoms with Gasteiger partial charge in [0.15, 0.2) is 0 Å². The van der Waals surface area contributed by atoms with Crippen LogP contribution in [0.15, 0.2) is 24.3 Å². The van der Waals surface area contributed by atoms with Gasteiger partial charge in [-0.2, -0.15) is 0 Å². The highest BCUT2D eigenvalue weighted by molar-refractivity contribution is 6.48. The summed E-state index contributed by atoms with van der Waals surface area (Å²) in [6, 6.07) is 8.14. The molecule has 0 saturated carbocycles. The van der Waals surface area contributed by atoms with Gasteiger partial charge in [-0.15, -0.1) is 0 Å². The molecule has 1 N–H and O–H groups in total.